The second kappa shape index (κ2) is 16.7. The van der Waals surface area contributed by atoms with E-state index in [1.807, 2.05) is 0 Å². The van der Waals surface area contributed by atoms with Crippen molar-refractivity contribution in [2.75, 3.05) is 5.33 Å². The van der Waals surface area contributed by atoms with Crippen LogP contribution in [0.2, 0.25) is 0 Å². The van der Waals surface area contributed by atoms with E-state index in [0.717, 1.165) is 23.3 Å². The summed E-state index contributed by atoms with van der Waals surface area (Å²) in [5.41, 5.74) is -0.991. The van der Waals surface area contributed by atoms with Crippen molar-refractivity contribution in [1.82, 2.24) is 20.0 Å². The van der Waals surface area contributed by atoms with Gasteiger partial charge in [0, 0.05) is 41.4 Å². The van der Waals surface area contributed by atoms with Crippen LogP contribution in [0, 0.1) is 45.7 Å². The van der Waals surface area contributed by atoms with E-state index < -0.39 is 32.6 Å². The highest BCUT2D eigenvalue weighted by Crippen LogP contribution is 2.22. The zero-order valence-corrected chi connectivity index (χ0v) is 27.4. The minimum absolute atomic E-state index is 0.0263. The molecule has 0 aliphatic heterocycles. The number of nitrogens with one attached hydrogen (secondary N) is 1. The van der Waals surface area contributed by atoms with E-state index in [9.17, 15) is 48.8 Å². The highest BCUT2D eigenvalue weighted by Gasteiger charge is 2.31. The molecule has 2 aromatic heterocycles. The summed E-state index contributed by atoms with van der Waals surface area (Å²) in [5.74, 6) is -1.69. The average Bonchev–Trinajstić information content (AvgIpc) is 3.63. The van der Waals surface area contributed by atoms with E-state index >= 15 is 0 Å². The minimum Gasteiger partial charge on any atom is -0.381 e. The second-order valence-electron chi connectivity index (χ2n) is 10.9. The number of Topliss-reactive ketones (excluding diaryl/α,β-unsaturated/α-hetero) is 2. The van der Waals surface area contributed by atoms with Gasteiger partial charge in [0.2, 0.25) is 0 Å². The van der Waals surface area contributed by atoms with E-state index in [1.54, 1.807) is 26.0 Å². The number of halogens is 3. The maximum absolute atomic E-state index is 12.9. The molecule has 0 amide bonds. The molecular formula is C30H33BrF2N6O8. The Morgan fingerprint density at radius 2 is 1.38 bits per heavy atom. The van der Waals surface area contributed by atoms with Crippen LogP contribution >= 0.6 is 15.9 Å². The molecule has 0 bridgehead atoms. The largest absolute Gasteiger partial charge is 0.381 e. The molecule has 4 aromatic rings. The standard InChI is InChI=1S/C15H16FN3O4.C12H14BrNO4.C3H3FN2/c1-10-5-11(3-4-13(10)19(22)23)6-14(20)15(2,21)9-18-8-12(16)7-17-18;1-8-5-9(3-4-10(8)14(17)18)6-11(15)12(2,16)7-13;4-3-1-5-6-2-3/h3-5,7-8,21H,6,9H2,1-2H3;3-5,16H,6-7H2,1-2H3;1-2H,(H,5,6)/t15-;12-;/m00./s1. The molecule has 0 aliphatic carbocycles. The molecule has 3 N–H and O–H groups in total. The summed E-state index contributed by atoms with van der Waals surface area (Å²) in [6.07, 6.45) is 4.32. The van der Waals surface area contributed by atoms with Crippen LogP contribution in [0.4, 0.5) is 20.2 Å². The molecule has 0 unspecified atom stereocenters. The van der Waals surface area contributed by atoms with Crippen LogP contribution in [0.5, 0.6) is 0 Å². The summed E-state index contributed by atoms with van der Waals surface area (Å²) in [6, 6.07) is 8.86. The molecule has 0 spiro atoms. The molecule has 2 heterocycles. The summed E-state index contributed by atoms with van der Waals surface area (Å²) in [7, 11) is 0. The third-order valence-electron chi connectivity index (χ3n) is 6.64. The molecule has 4 rings (SSSR count). The molecule has 0 aliphatic rings. The second-order valence-corrected chi connectivity index (χ2v) is 11.5. The lowest BCUT2D eigenvalue weighted by Gasteiger charge is -2.21. The van der Waals surface area contributed by atoms with Gasteiger partial charge in [-0.05, 0) is 51.0 Å². The molecule has 0 fully saturated rings. The van der Waals surface area contributed by atoms with Crippen molar-refractivity contribution in [3.05, 3.63) is 115 Å². The maximum atomic E-state index is 12.9. The quantitative estimate of drug-likeness (QED) is 0.112. The number of hydrogen-bond acceptors (Lipinski definition) is 10. The van der Waals surface area contributed by atoms with Gasteiger partial charge in [-0.2, -0.15) is 10.2 Å². The number of carbonyl (C=O) groups is 2. The number of aromatic amines is 1. The predicted molar refractivity (Wildman–Crippen MR) is 169 cm³/mol. The number of rotatable bonds is 11. The van der Waals surface area contributed by atoms with Crippen molar-refractivity contribution in [1.29, 1.82) is 0 Å². The molecule has 2 atom stereocenters. The van der Waals surface area contributed by atoms with Crippen molar-refractivity contribution in [2.45, 2.75) is 58.3 Å². The zero-order chi connectivity index (χ0) is 35.5. The fraction of sp³-hybridized carbons (Fsp3) is 0.333. The number of H-pyrrole nitrogens is 1. The lowest BCUT2D eigenvalue weighted by atomic mass is 9.94. The fourth-order valence-electron chi connectivity index (χ4n) is 3.95. The summed E-state index contributed by atoms with van der Waals surface area (Å²) in [6.45, 7) is 5.78. The normalized spacial score (nSPS) is 13.1. The van der Waals surface area contributed by atoms with Gasteiger partial charge < -0.3 is 10.2 Å². The number of nitro groups is 2. The summed E-state index contributed by atoms with van der Waals surface area (Å²) < 4.78 is 25.6. The van der Waals surface area contributed by atoms with E-state index in [-0.39, 0.29) is 47.7 Å². The van der Waals surface area contributed by atoms with Gasteiger partial charge in [0.25, 0.3) is 11.4 Å². The van der Waals surface area contributed by atoms with Crippen LogP contribution in [0.1, 0.15) is 36.1 Å². The van der Waals surface area contributed by atoms with E-state index in [0.29, 0.717) is 22.3 Å². The first-order valence-electron chi connectivity index (χ1n) is 13.7. The van der Waals surface area contributed by atoms with Crippen LogP contribution < -0.4 is 0 Å². The minimum atomic E-state index is -1.73. The van der Waals surface area contributed by atoms with E-state index in [4.69, 9.17) is 0 Å². The Labute approximate surface area is 275 Å². The Hall–Kier alpha value is -4.74. The Morgan fingerprint density at radius 1 is 0.894 bits per heavy atom. The highest BCUT2D eigenvalue weighted by molar-refractivity contribution is 9.09. The highest BCUT2D eigenvalue weighted by atomic mass is 79.9. The smallest absolute Gasteiger partial charge is 0.272 e. The molecule has 14 nitrogen and oxygen atoms in total. The Kier molecular flexibility index (Phi) is 13.7. The summed E-state index contributed by atoms with van der Waals surface area (Å²) in [5, 5.41) is 50.9. The van der Waals surface area contributed by atoms with Crippen molar-refractivity contribution >= 4 is 38.9 Å². The van der Waals surface area contributed by atoms with E-state index in [1.165, 1.54) is 44.3 Å². The van der Waals surface area contributed by atoms with Gasteiger partial charge in [-0.3, -0.25) is 39.6 Å². The number of alkyl halides is 1. The molecule has 252 valence electrons. The summed E-state index contributed by atoms with van der Waals surface area (Å²) in [4.78, 5) is 44.5. The molecule has 47 heavy (non-hydrogen) atoms. The molecular weight excluding hydrogens is 690 g/mol. The lowest BCUT2D eigenvalue weighted by Crippen LogP contribution is -2.40. The number of aromatic nitrogens is 4. The zero-order valence-electron chi connectivity index (χ0n) is 25.8. The van der Waals surface area contributed by atoms with Crippen molar-refractivity contribution in [3.8, 4) is 0 Å². The number of aliphatic hydroxyl groups is 2. The first-order valence-corrected chi connectivity index (χ1v) is 14.9. The van der Waals surface area contributed by atoms with Gasteiger partial charge in [0.05, 0.1) is 41.2 Å². The first-order chi connectivity index (χ1) is 21.9. The predicted octanol–water partition coefficient (Wildman–Crippen LogP) is 4.51. The van der Waals surface area contributed by atoms with Gasteiger partial charge in [-0.1, -0.05) is 28.1 Å². The first kappa shape index (κ1) is 38.4. The van der Waals surface area contributed by atoms with Crippen LogP contribution in [-0.2, 0) is 29.0 Å². The number of ketones is 2. The topological polar surface area (TPSA) is 207 Å². The van der Waals surface area contributed by atoms with Gasteiger partial charge >= 0.3 is 0 Å². The third-order valence-corrected chi connectivity index (χ3v) is 7.74. The van der Waals surface area contributed by atoms with Gasteiger partial charge in [0.15, 0.2) is 23.2 Å². The van der Waals surface area contributed by atoms with Crippen LogP contribution in [0.15, 0.2) is 61.2 Å². The number of nitro benzene ring substituents is 2. The van der Waals surface area contributed by atoms with Gasteiger partial charge in [0.1, 0.15) is 11.2 Å². The number of aryl methyl sites for hydroxylation is 2. The van der Waals surface area contributed by atoms with Crippen molar-refractivity contribution in [2.24, 2.45) is 0 Å². The van der Waals surface area contributed by atoms with Crippen LogP contribution in [-0.4, -0.2) is 68.1 Å². The SMILES string of the molecule is Cc1cc(CC(=O)[C@@](C)(O)CBr)ccc1[N+](=O)[O-].Cc1cc(CC(=O)[C@@](C)(O)Cn2cc(F)cn2)ccc1[N+](=O)[O-].Fc1cn[nH]c1. The molecule has 17 heteroatoms. The number of hydrogen-bond donors (Lipinski definition) is 3. The van der Waals surface area contributed by atoms with Gasteiger partial charge in [-0.15, -0.1) is 0 Å². The van der Waals surface area contributed by atoms with Gasteiger partial charge in [-0.25, -0.2) is 8.78 Å². The van der Waals surface area contributed by atoms with Crippen molar-refractivity contribution in [3.63, 3.8) is 0 Å². The maximum Gasteiger partial charge on any atom is 0.272 e. The molecule has 2 aromatic carbocycles. The molecule has 0 radical (unpaired) electrons. The summed E-state index contributed by atoms with van der Waals surface area (Å²) >= 11 is 3.07. The Morgan fingerprint density at radius 3 is 1.70 bits per heavy atom. The molecule has 0 saturated heterocycles. The number of nitrogens with zero attached hydrogens (tertiary/aromatic N) is 5. The van der Waals surface area contributed by atoms with E-state index in [2.05, 4.69) is 31.2 Å². The lowest BCUT2D eigenvalue weighted by molar-refractivity contribution is -0.385. The third kappa shape index (κ3) is 11.8. The molecule has 0 saturated carbocycles. The number of benzene rings is 2. The Bertz CT molecular complexity index is 1710. The van der Waals surface area contributed by atoms with Crippen LogP contribution in [0.25, 0.3) is 0 Å². The number of carbonyl (C=O) groups excluding carboxylic acids is 2. The van der Waals surface area contributed by atoms with Crippen LogP contribution in [0.3, 0.4) is 0 Å². The van der Waals surface area contributed by atoms with Crippen molar-refractivity contribution < 1.29 is 38.4 Å². The Balaban J connectivity index is 0.000000283. The fourth-order valence-corrected chi connectivity index (χ4v) is 4.27. The monoisotopic (exact) mass is 722 g/mol. The average molecular weight is 724 g/mol.